The van der Waals surface area contributed by atoms with Crippen molar-refractivity contribution in [2.24, 2.45) is 12.8 Å². The van der Waals surface area contributed by atoms with Crippen LogP contribution in [0.1, 0.15) is 22.6 Å². The molecule has 0 amide bonds. The molecule has 0 spiro atoms. The zero-order valence-corrected chi connectivity index (χ0v) is 11.5. The minimum absolute atomic E-state index is 0.417. The predicted octanol–water partition coefficient (Wildman–Crippen LogP) is 2.63. The normalized spacial score (nSPS) is 10.9. The molecule has 2 aromatic rings. The molecule has 0 bridgehead atoms. The summed E-state index contributed by atoms with van der Waals surface area (Å²) >= 11 is 6.15. The fourth-order valence-electron chi connectivity index (χ4n) is 2.14. The number of nitrogens with two attached hydrogens (primary N) is 1. The van der Waals surface area contributed by atoms with Crippen molar-refractivity contribution < 1.29 is 0 Å². The molecule has 0 atom stereocenters. The van der Waals surface area contributed by atoms with Crippen LogP contribution in [0, 0.1) is 6.92 Å². The van der Waals surface area contributed by atoms with Gasteiger partial charge in [-0.05, 0) is 30.9 Å². The fraction of sp³-hybridized carbons (Fsp3) is 0.357. The van der Waals surface area contributed by atoms with E-state index < -0.39 is 0 Å². The topological polar surface area (TPSA) is 43.8 Å². The van der Waals surface area contributed by atoms with Gasteiger partial charge in [0.25, 0.3) is 0 Å². The summed E-state index contributed by atoms with van der Waals surface area (Å²) < 4.78 is 2.00. The van der Waals surface area contributed by atoms with E-state index in [2.05, 4.69) is 36.2 Å². The molecule has 3 nitrogen and oxygen atoms in total. The van der Waals surface area contributed by atoms with Gasteiger partial charge in [0.2, 0.25) is 0 Å². The SMILES string of the molecule is Cc1ccccc1CCc1c(Cl)nc(CN)n1C. The van der Waals surface area contributed by atoms with Crippen LogP contribution >= 0.6 is 11.6 Å². The van der Waals surface area contributed by atoms with E-state index in [0.29, 0.717) is 11.7 Å². The number of hydrogen-bond acceptors (Lipinski definition) is 2. The molecule has 2 N–H and O–H groups in total. The standard InChI is InChI=1S/C14H18ClN3/c1-10-5-3-4-6-11(10)7-8-12-14(15)17-13(9-16)18(12)2/h3-6H,7-9,16H2,1-2H3. The van der Waals surface area contributed by atoms with Crippen LogP contribution in [0.5, 0.6) is 0 Å². The summed E-state index contributed by atoms with van der Waals surface area (Å²) in [7, 11) is 1.97. The molecule has 0 aliphatic rings. The Morgan fingerprint density at radius 1 is 1.28 bits per heavy atom. The first kappa shape index (κ1) is 13.1. The Morgan fingerprint density at radius 2 is 2.00 bits per heavy atom. The Hall–Kier alpha value is -1.32. The van der Waals surface area contributed by atoms with Gasteiger partial charge < -0.3 is 10.3 Å². The third kappa shape index (κ3) is 2.57. The predicted molar refractivity (Wildman–Crippen MR) is 74.7 cm³/mol. The van der Waals surface area contributed by atoms with Crippen LogP contribution in [0.3, 0.4) is 0 Å². The third-order valence-corrected chi connectivity index (χ3v) is 3.64. The number of aryl methyl sites for hydroxylation is 2. The minimum Gasteiger partial charge on any atom is -0.333 e. The van der Waals surface area contributed by atoms with Gasteiger partial charge in [-0.1, -0.05) is 35.9 Å². The van der Waals surface area contributed by atoms with E-state index in [0.717, 1.165) is 24.4 Å². The van der Waals surface area contributed by atoms with Gasteiger partial charge in [0.1, 0.15) is 5.82 Å². The molecule has 1 heterocycles. The highest BCUT2D eigenvalue weighted by molar-refractivity contribution is 6.30. The molecular formula is C14H18ClN3. The number of benzene rings is 1. The van der Waals surface area contributed by atoms with Gasteiger partial charge in [0, 0.05) is 7.05 Å². The Bertz CT molecular complexity index is 546. The lowest BCUT2D eigenvalue weighted by Gasteiger charge is -2.07. The van der Waals surface area contributed by atoms with Gasteiger partial charge in [-0.15, -0.1) is 0 Å². The molecular weight excluding hydrogens is 246 g/mol. The number of rotatable bonds is 4. The summed E-state index contributed by atoms with van der Waals surface area (Å²) in [5.74, 6) is 0.833. The highest BCUT2D eigenvalue weighted by atomic mass is 35.5. The quantitative estimate of drug-likeness (QED) is 0.922. The van der Waals surface area contributed by atoms with Crippen molar-refractivity contribution in [3.8, 4) is 0 Å². The molecule has 1 aromatic heterocycles. The van der Waals surface area contributed by atoms with E-state index in [1.807, 2.05) is 11.6 Å². The molecule has 96 valence electrons. The average Bonchev–Trinajstić information content (AvgIpc) is 2.64. The summed E-state index contributed by atoms with van der Waals surface area (Å²) in [6.07, 6.45) is 1.85. The van der Waals surface area contributed by atoms with Gasteiger partial charge >= 0.3 is 0 Å². The number of nitrogens with zero attached hydrogens (tertiary/aromatic N) is 2. The Labute approximate surface area is 113 Å². The smallest absolute Gasteiger partial charge is 0.150 e. The van der Waals surface area contributed by atoms with Crippen molar-refractivity contribution in [3.63, 3.8) is 0 Å². The lowest BCUT2D eigenvalue weighted by atomic mass is 10.0. The van der Waals surface area contributed by atoms with Crippen molar-refractivity contribution >= 4 is 11.6 Å². The molecule has 0 saturated carbocycles. The van der Waals surface area contributed by atoms with Crippen LogP contribution in [0.2, 0.25) is 5.15 Å². The van der Waals surface area contributed by atoms with E-state index in [9.17, 15) is 0 Å². The largest absolute Gasteiger partial charge is 0.333 e. The van der Waals surface area contributed by atoms with Crippen LogP contribution in [-0.2, 0) is 26.4 Å². The van der Waals surface area contributed by atoms with Crippen LogP contribution in [0.15, 0.2) is 24.3 Å². The highest BCUT2D eigenvalue weighted by Gasteiger charge is 2.12. The Morgan fingerprint density at radius 3 is 2.61 bits per heavy atom. The van der Waals surface area contributed by atoms with E-state index in [4.69, 9.17) is 17.3 Å². The van der Waals surface area contributed by atoms with Gasteiger partial charge in [0.15, 0.2) is 5.15 Å². The summed E-state index contributed by atoms with van der Waals surface area (Å²) in [4.78, 5) is 4.27. The maximum atomic E-state index is 6.15. The summed E-state index contributed by atoms with van der Waals surface area (Å²) in [6, 6.07) is 8.41. The second kappa shape index (κ2) is 5.55. The number of imidazole rings is 1. The molecule has 0 saturated heterocycles. The van der Waals surface area contributed by atoms with Crippen LogP contribution in [0.25, 0.3) is 0 Å². The van der Waals surface area contributed by atoms with E-state index >= 15 is 0 Å². The van der Waals surface area contributed by atoms with E-state index in [-0.39, 0.29) is 0 Å². The number of hydrogen-bond donors (Lipinski definition) is 1. The summed E-state index contributed by atoms with van der Waals surface area (Å²) in [6.45, 7) is 2.55. The maximum Gasteiger partial charge on any atom is 0.150 e. The first-order chi connectivity index (χ1) is 8.63. The lowest BCUT2D eigenvalue weighted by Crippen LogP contribution is -2.07. The van der Waals surface area contributed by atoms with Crippen molar-refractivity contribution in [2.45, 2.75) is 26.3 Å². The van der Waals surface area contributed by atoms with E-state index in [1.54, 1.807) is 0 Å². The van der Waals surface area contributed by atoms with Crippen molar-refractivity contribution in [1.29, 1.82) is 0 Å². The first-order valence-corrected chi connectivity index (χ1v) is 6.45. The van der Waals surface area contributed by atoms with Gasteiger partial charge in [-0.3, -0.25) is 0 Å². The Balaban J connectivity index is 2.16. The van der Waals surface area contributed by atoms with Gasteiger partial charge in [-0.25, -0.2) is 4.98 Å². The van der Waals surface area contributed by atoms with Crippen molar-refractivity contribution in [1.82, 2.24) is 9.55 Å². The minimum atomic E-state index is 0.417. The van der Waals surface area contributed by atoms with Crippen LogP contribution in [0.4, 0.5) is 0 Å². The molecule has 0 unspecified atom stereocenters. The zero-order chi connectivity index (χ0) is 13.1. The van der Waals surface area contributed by atoms with E-state index in [1.165, 1.54) is 11.1 Å². The second-order valence-corrected chi connectivity index (χ2v) is 4.81. The number of halogens is 1. The fourth-order valence-corrected chi connectivity index (χ4v) is 2.46. The lowest BCUT2D eigenvalue weighted by molar-refractivity contribution is 0.739. The molecule has 18 heavy (non-hydrogen) atoms. The monoisotopic (exact) mass is 263 g/mol. The molecule has 0 aliphatic heterocycles. The van der Waals surface area contributed by atoms with Gasteiger partial charge in [-0.2, -0.15) is 0 Å². The van der Waals surface area contributed by atoms with Crippen LogP contribution < -0.4 is 5.73 Å². The first-order valence-electron chi connectivity index (χ1n) is 6.08. The zero-order valence-electron chi connectivity index (χ0n) is 10.8. The molecule has 4 heteroatoms. The maximum absolute atomic E-state index is 6.15. The van der Waals surface area contributed by atoms with Crippen molar-refractivity contribution in [3.05, 3.63) is 52.1 Å². The summed E-state index contributed by atoms with van der Waals surface area (Å²) in [5.41, 5.74) is 9.34. The molecule has 0 aliphatic carbocycles. The molecule has 2 rings (SSSR count). The second-order valence-electron chi connectivity index (χ2n) is 4.46. The third-order valence-electron chi connectivity index (χ3n) is 3.33. The van der Waals surface area contributed by atoms with Crippen molar-refractivity contribution in [2.75, 3.05) is 0 Å². The number of aromatic nitrogens is 2. The molecule has 0 fully saturated rings. The average molecular weight is 264 g/mol. The van der Waals surface area contributed by atoms with Crippen LogP contribution in [-0.4, -0.2) is 9.55 Å². The van der Waals surface area contributed by atoms with Gasteiger partial charge in [0.05, 0.1) is 12.2 Å². The summed E-state index contributed by atoms with van der Waals surface area (Å²) in [5, 5.41) is 0.575. The molecule has 1 aromatic carbocycles. The highest BCUT2D eigenvalue weighted by Crippen LogP contribution is 2.19. The molecule has 0 radical (unpaired) electrons. The Kier molecular flexibility index (Phi) is 4.04.